The molecule has 19 heavy (non-hydrogen) atoms. The van der Waals surface area contributed by atoms with E-state index < -0.39 is 16.0 Å². The minimum Gasteiger partial charge on any atom is -0.350 e. The molecule has 2 unspecified atom stereocenters. The molecule has 0 bridgehead atoms. The molecule has 0 aliphatic carbocycles. The Labute approximate surface area is 122 Å². The number of hydrogen-bond acceptors (Lipinski definition) is 2. The normalized spacial score (nSPS) is 14.8. The fourth-order valence-corrected chi connectivity index (χ4v) is 2.66. The standard InChI is InChI=1S/C14H20ClNO2S/c1-10(13(17)16-14(2,3)4)19(18)9-11-5-7-12(15)8-6-11/h5-8,10H,9H2,1-4H3,(H,16,17). The van der Waals surface area contributed by atoms with E-state index in [1.165, 1.54) is 0 Å². The number of carbonyl (C=O) groups excluding carboxylic acids is 1. The zero-order valence-electron chi connectivity index (χ0n) is 11.7. The van der Waals surface area contributed by atoms with E-state index in [9.17, 15) is 9.00 Å². The Morgan fingerprint density at radius 3 is 2.32 bits per heavy atom. The lowest BCUT2D eigenvalue weighted by atomic mass is 10.1. The van der Waals surface area contributed by atoms with Crippen LogP contribution in [0.25, 0.3) is 0 Å². The number of halogens is 1. The van der Waals surface area contributed by atoms with E-state index >= 15 is 0 Å². The van der Waals surface area contributed by atoms with Gasteiger partial charge in [0, 0.05) is 27.1 Å². The summed E-state index contributed by atoms with van der Waals surface area (Å²) >= 11 is 5.79. The summed E-state index contributed by atoms with van der Waals surface area (Å²) in [6, 6.07) is 7.17. The minimum absolute atomic E-state index is 0.181. The van der Waals surface area contributed by atoms with Crippen LogP contribution in [0.4, 0.5) is 0 Å². The third-order valence-corrected chi connectivity index (χ3v) is 4.36. The minimum atomic E-state index is -1.24. The molecule has 0 aliphatic heterocycles. The maximum atomic E-state index is 12.1. The van der Waals surface area contributed by atoms with Gasteiger partial charge >= 0.3 is 0 Å². The van der Waals surface area contributed by atoms with Crippen LogP contribution in [0.2, 0.25) is 5.02 Å². The maximum absolute atomic E-state index is 12.1. The first-order valence-electron chi connectivity index (χ1n) is 6.13. The molecule has 0 radical (unpaired) electrons. The highest BCUT2D eigenvalue weighted by molar-refractivity contribution is 7.85. The molecule has 3 nitrogen and oxygen atoms in total. The van der Waals surface area contributed by atoms with Crippen molar-refractivity contribution in [2.24, 2.45) is 0 Å². The Morgan fingerprint density at radius 2 is 1.84 bits per heavy atom. The van der Waals surface area contributed by atoms with Crippen molar-refractivity contribution < 1.29 is 9.00 Å². The molecule has 2 atom stereocenters. The van der Waals surface area contributed by atoms with Crippen LogP contribution in [-0.2, 0) is 21.3 Å². The van der Waals surface area contributed by atoms with Gasteiger partial charge in [-0.3, -0.25) is 9.00 Å². The van der Waals surface area contributed by atoms with Crippen LogP contribution in [-0.4, -0.2) is 20.9 Å². The summed E-state index contributed by atoms with van der Waals surface area (Å²) in [7, 11) is -1.24. The summed E-state index contributed by atoms with van der Waals surface area (Å²) in [5.74, 6) is 0.176. The van der Waals surface area contributed by atoms with Crippen LogP contribution in [0.15, 0.2) is 24.3 Å². The second kappa shape index (κ2) is 6.53. The van der Waals surface area contributed by atoms with Gasteiger partial charge in [-0.1, -0.05) is 23.7 Å². The smallest absolute Gasteiger partial charge is 0.235 e. The van der Waals surface area contributed by atoms with Gasteiger partial charge in [-0.15, -0.1) is 0 Å². The number of rotatable bonds is 4. The second-order valence-corrected chi connectivity index (χ2v) is 7.73. The van der Waals surface area contributed by atoms with Gasteiger partial charge in [-0.05, 0) is 45.4 Å². The molecule has 1 N–H and O–H groups in total. The average Bonchev–Trinajstić information content (AvgIpc) is 2.28. The van der Waals surface area contributed by atoms with Crippen LogP contribution in [0, 0.1) is 0 Å². The molecule has 0 saturated heterocycles. The predicted molar refractivity (Wildman–Crippen MR) is 80.7 cm³/mol. The molecule has 0 aromatic heterocycles. The van der Waals surface area contributed by atoms with Crippen LogP contribution >= 0.6 is 11.6 Å². The van der Waals surface area contributed by atoms with E-state index in [1.54, 1.807) is 19.1 Å². The highest BCUT2D eigenvalue weighted by Gasteiger charge is 2.23. The summed E-state index contributed by atoms with van der Waals surface area (Å²) in [4.78, 5) is 11.9. The van der Waals surface area contributed by atoms with Gasteiger partial charge in [0.25, 0.3) is 0 Å². The lowest BCUT2D eigenvalue weighted by Crippen LogP contribution is -2.46. The summed E-state index contributed by atoms with van der Waals surface area (Å²) in [6.45, 7) is 7.40. The topological polar surface area (TPSA) is 46.2 Å². The lowest BCUT2D eigenvalue weighted by molar-refractivity contribution is -0.121. The Balaban J connectivity index is 2.62. The molecular formula is C14H20ClNO2S. The molecule has 0 spiro atoms. The van der Waals surface area contributed by atoms with Crippen LogP contribution < -0.4 is 5.32 Å². The number of carbonyl (C=O) groups is 1. The molecular weight excluding hydrogens is 282 g/mol. The summed E-state index contributed by atoms with van der Waals surface area (Å²) in [6.07, 6.45) is 0. The Morgan fingerprint density at radius 1 is 1.32 bits per heavy atom. The Kier molecular flexibility index (Phi) is 5.56. The van der Waals surface area contributed by atoms with Crippen molar-refractivity contribution in [3.05, 3.63) is 34.9 Å². The number of hydrogen-bond donors (Lipinski definition) is 1. The average molecular weight is 302 g/mol. The van der Waals surface area contributed by atoms with Gasteiger partial charge in [0.1, 0.15) is 5.25 Å². The Bertz CT molecular complexity index is 465. The van der Waals surface area contributed by atoms with Crippen LogP contribution in [0.3, 0.4) is 0 Å². The first-order chi connectivity index (χ1) is 8.69. The molecule has 1 amide bonds. The largest absolute Gasteiger partial charge is 0.350 e. The van der Waals surface area contributed by atoms with Gasteiger partial charge in [0.15, 0.2) is 0 Å². The maximum Gasteiger partial charge on any atom is 0.235 e. The molecule has 0 saturated carbocycles. The molecule has 1 aromatic rings. The van der Waals surface area contributed by atoms with E-state index in [2.05, 4.69) is 5.32 Å². The Hall–Kier alpha value is -0.870. The van der Waals surface area contributed by atoms with Gasteiger partial charge in [-0.2, -0.15) is 0 Å². The summed E-state index contributed by atoms with van der Waals surface area (Å²) in [5.41, 5.74) is 0.605. The molecule has 0 aliphatic rings. The molecule has 1 rings (SSSR count). The highest BCUT2D eigenvalue weighted by atomic mass is 35.5. The lowest BCUT2D eigenvalue weighted by Gasteiger charge is -2.23. The molecule has 0 fully saturated rings. The number of benzene rings is 1. The van der Waals surface area contributed by atoms with Crippen molar-refractivity contribution in [3.63, 3.8) is 0 Å². The van der Waals surface area contributed by atoms with E-state index in [0.717, 1.165) is 5.56 Å². The van der Waals surface area contributed by atoms with Gasteiger partial charge < -0.3 is 5.32 Å². The fourth-order valence-electron chi connectivity index (χ4n) is 1.46. The van der Waals surface area contributed by atoms with E-state index in [0.29, 0.717) is 10.8 Å². The fraction of sp³-hybridized carbons (Fsp3) is 0.500. The van der Waals surface area contributed by atoms with Gasteiger partial charge in [0.05, 0.1) is 0 Å². The van der Waals surface area contributed by atoms with Crippen molar-refractivity contribution in [1.82, 2.24) is 5.32 Å². The van der Waals surface area contributed by atoms with Crippen molar-refractivity contribution in [2.45, 2.75) is 44.2 Å². The van der Waals surface area contributed by atoms with Crippen molar-refractivity contribution >= 4 is 28.3 Å². The molecule has 0 heterocycles. The van der Waals surface area contributed by atoms with Crippen molar-refractivity contribution in [3.8, 4) is 0 Å². The van der Waals surface area contributed by atoms with Crippen LogP contribution in [0.5, 0.6) is 0 Å². The SMILES string of the molecule is CC(C(=O)NC(C)(C)C)S(=O)Cc1ccc(Cl)cc1. The van der Waals surface area contributed by atoms with E-state index in [1.807, 2.05) is 32.9 Å². The number of amides is 1. The monoisotopic (exact) mass is 301 g/mol. The summed E-state index contributed by atoms with van der Waals surface area (Å²) in [5, 5.41) is 2.96. The zero-order chi connectivity index (χ0) is 14.6. The molecule has 5 heteroatoms. The van der Waals surface area contributed by atoms with Crippen molar-refractivity contribution in [1.29, 1.82) is 0 Å². The third-order valence-electron chi connectivity index (χ3n) is 2.48. The van der Waals surface area contributed by atoms with Crippen molar-refractivity contribution in [2.75, 3.05) is 0 Å². The summed E-state index contributed by atoms with van der Waals surface area (Å²) < 4.78 is 12.1. The van der Waals surface area contributed by atoms with E-state index in [-0.39, 0.29) is 11.4 Å². The third kappa shape index (κ3) is 5.74. The van der Waals surface area contributed by atoms with Gasteiger partial charge in [0.2, 0.25) is 5.91 Å². The number of nitrogens with one attached hydrogen (secondary N) is 1. The van der Waals surface area contributed by atoms with Crippen LogP contribution in [0.1, 0.15) is 33.3 Å². The zero-order valence-corrected chi connectivity index (χ0v) is 13.3. The highest BCUT2D eigenvalue weighted by Crippen LogP contribution is 2.13. The van der Waals surface area contributed by atoms with Gasteiger partial charge in [-0.25, -0.2) is 0 Å². The predicted octanol–water partition coefficient (Wildman–Crippen LogP) is 2.89. The molecule has 106 valence electrons. The first-order valence-corrected chi connectivity index (χ1v) is 7.89. The molecule has 1 aromatic carbocycles. The second-order valence-electron chi connectivity index (χ2n) is 5.53. The van der Waals surface area contributed by atoms with E-state index in [4.69, 9.17) is 11.6 Å². The first kappa shape index (κ1) is 16.2. The quantitative estimate of drug-likeness (QED) is 0.929.